The molecule has 0 bridgehead atoms. The van der Waals surface area contributed by atoms with E-state index in [-0.39, 0.29) is 29.5 Å². The third-order valence-electron chi connectivity index (χ3n) is 3.95. The van der Waals surface area contributed by atoms with E-state index < -0.39 is 17.9 Å². The zero-order valence-electron chi connectivity index (χ0n) is 15.1. The molecule has 1 aromatic carbocycles. The molecule has 2 heterocycles. The van der Waals surface area contributed by atoms with Gasteiger partial charge in [0, 0.05) is 10.7 Å². The average molecular weight is 418 g/mol. The summed E-state index contributed by atoms with van der Waals surface area (Å²) in [5.41, 5.74) is 6.32. The van der Waals surface area contributed by atoms with Crippen molar-refractivity contribution < 1.29 is 23.9 Å². The molecule has 0 radical (unpaired) electrons. The van der Waals surface area contributed by atoms with Crippen molar-refractivity contribution in [1.29, 1.82) is 0 Å². The number of halogens is 1. The molecule has 10 nitrogen and oxygen atoms in total. The summed E-state index contributed by atoms with van der Waals surface area (Å²) in [6.07, 6.45) is 0.0598. The number of urea groups is 1. The number of hydrogen-bond acceptors (Lipinski definition) is 5. The lowest BCUT2D eigenvalue weighted by Gasteiger charge is -2.10. The van der Waals surface area contributed by atoms with Crippen LogP contribution in [0.1, 0.15) is 38.2 Å². The molecular weight excluding hydrogens is 402 g/mol. The van der Waals surface area contributed by atoms with Gasteiger partial charge in [0.05, 0.1) is 6.42 Å². The first-order valence-electron chi connectivity index (χ1n) is 8.28. The fourth-order valence-electron chi connectivity index (χ4n) is 2.54. The molecule has 29 heavy (non-hydrogen) atoms. The summed E-state index contributed by atoms with van der Waals surface area (Å²) in [5.74, 6) is -1.74. The van der Waals surface area contributed by atoms with Crippen molar-refractivity contribution in [3.8, 4) is 0 Å². The molecule has 3 rings (SSSR count). The maximum Gasteiger partial charge on any atom is 0.371 e. The van der Waals surface area contributed by atoms with E-state index in [1.54, 1.807) is 25.1 Å². The summed E-state index contributed by atoms with van der Waals surface area (Å²) in [5, 5.41) is 14.5. The lowest BCUT2D eigenvalue weighted by atomic mass is 10.2. The van der Waals surface area contributed by atoms with E-state index in [4.69, 9.17) is 26.9 Å². The van der Waals surface area contributed by atoms with Crippen LogP contribution in [-0.2, 0) is 6.42 Å². The molecule has 3 amide bonds. The monoisotopic (exact) mass is 417 g/mol. The molecule has 0 atom stereocenters. The number of nitrogens with zero attached hydrogens (tertiary/aromatic N) is 1. The standard InChI is InChI=1S/C18H16ClN5O5/c1-8-10(19)3-2-4-11(8)21-18(28)24-16-14(15(20)25)22-13(23-16)7-9-5-6-12(29-9)17(26)27/h2-6H,7H2,1H3,(H2,20,25)(H,22,23)(H,26,27)(H2,21,24,28). The largest absolute Gasteiger partial charge is 0.475 e. The molecule has 0 fully saturated rings. The molecule has 0 saturated carbocycles. The van der Waals surface area contributed by atoms with E-state index >= 15 is 0 Å². The summed E-state index contributed by atoms with van der Waals surface area (Å²) in [4.78, 5) is 41.7. The Morgan fingerprint density at radius 1 is 1.24 bits per heavy atom. The zero-order chi connectivity index (χ0) is 21.1. The number of benzene rings is 1. The predicted octanol–water partition coefficient (Wildman–Crippen LogP) is 3.00. The number of primary amides is 1. The Hall–Kier alpha value is -3.79. The normalized spacial score (nSPS) is 10.6. The Bertz CT molecular complexity index is 1100. The van der Waals surface area contributed by atoms with Gasteiger partial charge in [-0.2, -0.15) is 0 Å². The molecule has 150 valence electrons. The number of H-pyrrole nitrogens is 1. The Labute approximate surface area is 169 Å². The molecule has 11 heteroatoms. The predicted molar refractivity (Wildman–Crippen MR) is 104 cm³/mol. The number of nitrogens with two attached hydrogens (primary N) is 1. The van der Waals surface area contributed by atoms with Gasteiger partial charge in [-0.25, -0.2) is 14.6 Å². The van der Waals surface area contributed by atoms with Crippen LogP contribution < -0.4 is 16.4 Å². The van der Waals surface area contributed by atoms with Gasteiger partial charge in [-0.05, 0) is 36.8 Å². The maximum absolute atomic E-state index is 12.3. The van der Waals surface area contributed by atoms with Crippen LogP contribution >= 0.6 is 11.6 Å². The van der Waals surface area contributed by atoms with E-state index in [0.717, 1.165) is 0 Å². The third kappa shape index (κ3) is 4.55. The van der Waals surface area contributed by atoms with Crippen LogP contribution in [0.2, 0.25) is 5.02 Å². The second-order valence-electron chi connectivity index (χ2n) is 6.01. The molecule has 3 aromatic rings. The molecule has 0 saturated heterocycles. The number of carboxylic acids is 1. The number of aromatic amines is 1. The van der Waals surface area contributed by atoms with E-state index in [1.807, 2.05) is 0 Å². The average Bonchev–Trinajstić information content (AvgIpc) is 3.26. The number of aromatic carboxylic acids is 1. The topological polar surface area (TPSA) is 163 Å². The first-order chi connectivity index (χ1) is 13.7. The number of furan rings is 1. The van der Waals surface area contributed by atoms with Crippen molar-refractivity contribution in [3.63, 3.8) is 0 Å². The third-order valence-corrected chi connectivity index (χ3v) is 4.36. The van der Waals surface area contributed by atoms with Crippen molar-refractivity contribution >= 4 is 41.0 Å². The lowest BCUT2D eigenvalue weighted by molar-refractivity contribution is 0.0660. The number of amides is 3. The first-order valence-corrected chi connectivity index (χ1v) is 8.66. The van der Waals surface area contributed by atoms with Gasteiger partial charge in [0.25, 0.3) is 5.91 Å². The Morgan fingerprint density at radius 3 is 2.66 bits per heavy atom. The van der Waals surface area contributed by atoms with E-state index in [1.165, 1.54) is 12.1 Å². The highest BCUT2D eigenvalue weighted by molar-refractivity contribution is 6.31. The molecule has 0 aliphatic rings. The minimum atomic E-state index is -1.20. The van der Waals surface area contributed by atoms with Crippen molar-refractivity contribution in [2.24, 2.45) is 5.73 Å². The van der Waals surface area contributed by atoms with Gasteiger partial charge in [0.1, 0.15) is 17.4 Å². The minimum absolute atomic E-state index is 0.00491. The van der Waals surface area contributed by atoms with Gasteiger partial charge in [-0.15, -0.1) is 0 Å². The van der Waals surface area contributed by atoms with Gasteiger partial charge < -0.3 is 25.6 Å². The van der Waals surface area contributed by atoms with Gasteiger partial charge >= 0.3 is 12.0 Å². The maximum atomic E-state index is 12.3. The Balaban J connectivity index is 1.77. The minimum Gasteiger partial charge on any atom is -0.475 e. The van der Waals surface area contributed by atoms with Crippen LogP contribution in [0.3, 0.4) is 0 Å². The lowest BCUT2D eigenvalue weighted by Crippen LogP contribution is -2.23. The second-order valence-corrected chi connectivity index (χ2v) is 6.42. The molecule has 0 aliphatic carbocycles. The smallest absolute Gasteiger partial charge is 0.371 e. The quantitative estimate of drug-likeness (QED) is 0.413. The van der Waals surface area contributed by atoms with Crippen molar-refractivity contribution in [2.75, 3.05) is 10.6 Å². The van der Waals surface area contributed by atoms with E-state index in [9.17, 15) is 14.4 Å². The van der Waals surface area contributed by atoms with Crippen LogP contribution in [0.15, 0.2) is 34.7 Å². The Morgan fingerprint density at radius 2 is 2.00 bits per heavy atom. The number of anilines is 2. The van der Waals surface area contributed by atoms with Gasteiger partial charge in [0.2, 0.25) is 5.76 Å². The Kier molecular flexibility index (Phi) is 5.55. The molecule has 0 spiro atoms. The SMILES string of the molecule is Cc1c(Cl)cccc1NC(=O)Nc1[nH]c(Cc2ccc(C(=O)O)o2)nc1C(N)=O. The van der Waals surface area contributed by atoms with Crippen molar-refractivity contribution in [3.05, 3.63) is 64.0 Å². The molecule has 2 aromatic heterocycles. The summed E-state index contributed by atoms with van der Waals surface area (Å²) in [6.45, 7) is 1.75. The van der Waals surface area contributed by atoms with Crippen molar-refractivity contribution in [2.45, 2.75) is 13.3 Å². The zero-order valence-corrected chi connectivity index (χ0v) is 15.8. The highest BCUT2D eigenvalue weighted by atomic mass is 35.5. The number of nitrogens with one attached hydrogen (secondary N) is 3. The summed E-state index contributed by atoms with van der Waals surface area (Å²) in [7, 11) is 0. The second kappa shape index (κ2) is 8.07. The number of rotatable bonds is 6. The van der Waals surface area contributed by atoms with Crippen LogP contribution in [0.4, 0.5) is 16.3 Å². The molecule has 0 aliphatic heterocycles. The number of carboxylic acid groups (broad SMARTS) is 1. The van der Waals surface area contributed by atoms with Crippen molar-refractivity contribution in [1.82, 2.24) is 9.97 Å². The van der Waals surface area contributed by atoms with Gasteiger partial charge in [-0.1, -0.05) is 17.7 Å². The number of carbonyl (C=O) groups excluding carboxylic acids is 2. The van der Waals surface area contributed by atoms with Gasteiger partial charge in [-0.3, -0.25) is 10.1 Å². The number of aromatic nitrogens is 2. The first kappa shape index (κ1) is 20.0. The summed E-state index contributed by atoms with van der Waals surface area (Å²) < 4.78 is 5.16. The fourth-order valence-corrected chi connectivity index (χ4v) is 2.71. The molecule has 6 N–H and O–H groups in total. The van der Waals surface area contributed by atoms with Crippen LogP contribution in [0, 0.1) is 6.92 Å². The van der Waals surface area contributed by atoms with Gasteiger partial charge in [0.15, 0.2) is 5.69 Å². The highest BCUT2D eigenvalue weighted by Gasteiger charge is 2.19. The van der Waals surface area contributed by atoms with Crippen LogP contribution in [0.25, 0.3) is 0 Å². The van der Waals surface area contributed by atoms with Crippen LogP contribution in [-0.4, -0.2) is 33.0 Å². The number of hydrogen-bond donors (Lipinski definition) is 5. The van der Waals surface area contributed by atoms with E-state index in [2.05, 4.69) is 20.6 Å². The number of carbonyl (C=O) groups is 3. The number of imidazole rings is 1. The van der Waals surface area contributed by atoms with Crippen LogP contribution in [0.5, 0.6) is 0 Å². The molecular formula is C18H16ClN5O5. The fraction of sp³-hybridized carbons (Fsp3) is 0.111. The summed E-state index contributed by atoms with van der Waals surface area (Å²) >= 11 is 6.03. The van der Waals surface area contributed by atoms with E-state index in [0.29, 0.717) is 22.0 Å². The molecule has 0 unspecified atom stereocenters. The highest BCUT2D eigenvalue weighted by Crippen LogP contribution is 2.23. The summed E-state index contributed by atoms with van der Waals surface area (Å²) in [6, 6.07) is 7.18.